The van der Waals surface area contributed by atoms with E-state index in [-0.39, 0.29) is 19.4 Å². The Kier molecular flexibility index (Phi) is 34.3. The van der Waals surface area contributed by atoms with Gasteiger partial charge in [0.1, 0.15) is 6.61 Å². The predicted octanol–water partition coefficient (Wildman–Crippen LogP) is 11.6. The normalized spacial score (nSPS) is 12.7. The first-order valence-electron chi connectivity index (χ1n) is 19.6. The van der Waals surface area contributed by atoms with Gasteiger partial charge in [0, 0.05) is 12.8 Å². The van der Waals surface area contributed by atoms with Crippen LogP contribution in [0, 0.1) is 0 Å². The molecule has 8 nitrogen and oxygen atoms in total. The molecule has 0 spiro atoms. The van der Waals surface area contributed by atoms with Gasteiger partial charge < -0.3 is 19.3 Å². The molecule has 0 aromatic rings. The third-order valence-electron chi connectivity index (χ3n) is 8.47. The molecule has 1 atom stereocenters. The standard InChI is InChI=1S/C39H73O8P/c1-3-5-7-9-11-13-15-17-19-21-23-25-27-29-31-33-38(40)45-35-37(36-46-48(42,43)44)47-39(41)34-32-30-28-26-24-22-20-18-16-14-12-10-8-6-4-2/h12,14,18,20,37H,3-11,13,15-17,19,21-36H2,1-2H3,(H2,42,43,44)/t37-/m1/s1. The molecule has 0 saturated heterocycles. The van der Waals surface area contributed by atoms with Crippen LogP contribution in [0.15, 0.2) is 24.3 Å². The maximum Gasteiger partial charge on any atom is 0.469 e. The Morgan fingerprint density at radius 3 is 1.42 bits per heavy atom. The van der Waals surface area contributed by atoms with Gasteiger partial charge in [0.15, 0.2) is 6.10 Å². The molecule has 0 radical (unpaired) electrons. The highest BCUT2D eigenvalue weighted by Crippen LogP contribution is 2.36. The van der Waals surface area contributed by atoms with E-state index in [1.165, 1.54) is 103 Å². The van der Waals surface area contributed by atoms with E-state index in [0.29, 0.717) is 6.42 Å². The molecule has 0 amide bonds. The minimum Gasteiger partial charge on any atom is -0.462 e. The zero-order chi connectivity index (χ0) is 35.4. The van der Waals surface area contributed by atoms with Crippen LogP contribution in [-0.2, 0) is 28.2 Å². The molecular weight excluding hydrogens is 627 g/mol. The van der Waals surface area contributed by atoms with Crippen LogP contribution in [0.3, 0.4) is 0 Å². The maximum absolute atomic E-state index is 12.4. The summed E-state index contributed by atoms with van der Waals surface area (Å²) in [5, 5.41) is 0. The van der Waals surface area contributed by atoms with E-state index in [9.17, 15) is 14.2 Å². The van der Waals surface area contributed by atoms with Gasteiger partial charge in [-0.3, -0.25) is 14.1 Å². The molecule has 0 aromatic heterocycles. The zero-order valence-corrected chi connectivity index (χ0v) is 31.8. The number of carbonyl (C=O) groups is 2. The van der Waals surface area contributed by atoms with Gasteiger partial charge >= 0.3 is 19.8 Å². The van der Waals surface area contributed by atoms with E-state index in [1.54, 1.807) is 0 Å². The van der Waals surface area contributed by atoms with E-state index in [2.05, 4.69) is 42.7 Å². The number of hydrogen-bond donors (Lipinski definition) is 2. The number of allylic oxidation sites excluding steroid dienone is 4. The lowest BCUT2D eigenvalue weighted by Crippen LogP contribution is -2.29. The molecule has 0 saturated carbocycles. The van der Waals surface area contributed by atoms with Gasteiger partial charge in [0.2, 0.25) is 0 Å². The lowest BCUT2D eigenvalue weighted by Gasteiger charge is -2.18. The van der Waals surface area contributed by atoms with Crippen molar-refractivity contribution < 1.29 is 37.9 Å². The average Bonchev–Trinajstić information content (AvgIpc) is 3.05. The molecule has 0 unspecified atom stereocenters. The van der Waals surface area contributed by atoms with Crippen molar-refractivity contribution >= 4 is 19.8 Å². The first-order chi connectivity index (χ1) is 23.3. The largest absolute Gasteiger partial charge is 0.469 e. The molecule has 0 aliphatic heterocycles. The molecule has 0 fully saturated rings. The lowest BCUT2D eigenvalue weighted by molar-refractivity contribution is -0.161. The molecule has 0 aliphatic rings. The Morgan fingerprint density at radius 2 is 0.938 bits per heavy atom. The molecule has 48 heavy (non-hydrogen) atoms. The van der Waals surface area contributed by atoms with Crippen molar-refractivity contribution in [1.29, 1.82) is 0 Å². The fourth-order valence-electron chi connectivity index (χ4n) is 5.52. The molecule has 0 aromatic carbocycles. The average molecular weight is 701 g/mol. The molecule has 0 aliphatic carbocycles. The Balaban J connectivity index is 3.95. The summed E-state index contributed by atoms with van der Waals surface area (Å²) in [4.78, 5) is 42.7. The van der Waals surface area contributed by atoms with Crippen molar-refractivity contribution in [3.05, 3.63) is 24.3 Å². The van der Waals surface area contributed by atoms with Gasteiger partial charge in [-0.15, -0.1) is 0 Å². The minimum atomic E-state index is -4.75. The summed E-state index contributed by atoms with van der Waals surface area (Å²) in [5.41, 5.74) is 0. The summed E-state index contributed by atoms with van der Waals surface area (Å²) in [6.07, 6.45) is 38.9. The van der Waals surface area contributed by atoms with Crippen LogP contribution < -0.4 is 0 Å². The van der Waals surface area contributed by atoms with Crippen molar-refractivity contribution in [2.75, 3.05) is 13.2 Å². The van der Waals surface area contributed by atoms with Gasteiger partial charge in [0.05, 0.1) is 6.61 Å². The third-order valence-corrected chi connectivity index (χ3v) is 8.96. The summed E-state index contributed by atoms with van der Waals surface area (Å²) in [6.45, 7) is 3.65. The topological polar surface area (TPSA) is 119 Å². The van der Waals surface area contributed by atoms with Crippen molar-refractivity contribution in [3.63, 3.8) is 0 Å². The molecule has 0 heterocycles. The molecule has 0 rings (SSSR count). The van der Waals surface area contributed by atoms with Crippen LogP contribution in [0.5, 0.6) is 0 Å². The monoisotopic (exact) mass is 701 g/mol. The van der Waals surface area contributed by atoms with Crippen molar-refractivity contribution in [2.24, 2.45) is 0 Å². The van der Waals surface area contributed by atoms with Crippen LogP contribution in [0.2, 0.25) is 0 Å². The van der Waals surface area contributed by atoms with E-state index >= 15 is 0 Å². The zero-order valence-electron chi connectivity index (χ0n) is 30.9. The van der Waals surface area contributed by atoms with Gasteiger partial charge in [0.25, 0.3) is 0 Å². The van der Waals surface area contributed by atoms with E-state index in [4.69, 9.17) is 19.3 Å². The summed E-state index contributed by atoms with van der Waals surface area (Å²) >= 11 is 0. The summed E-state index contributed by atoms with van der Waals surface area (Å²) in [6, 6.07) is 0. The molecule has 2 N–H and O–H groups in total. The summed E-state index contributed by atoms with van der Waals surface area (Å²) < 4.78 is 26.3. The van der Waals surface area contributed by atoms with Crippen LogP contribution in [0.1, 0.15) is 194 Å². The quantitative estimate of drug-likeness (QED) is 0.0287. The fourth-order valence-corrected chi connectivity index (χ4v) is 5.88. The smallest absolute Gasteiger partial charge is 0.462 e. The van der Waals surface area contributed by atoms with Gasteiger partial charge in [-0.1, -0.05) is 160 Å². The molecular formula is C39H73O8P. The Labute approximate surface area is 294 Å². The highest BCUT2D eigenvalue weighted by molar-refractivity contribution is 7.46. The number of rotatable bonds is 36. The van der Waals surface area contributed by atoms with Crippen molar-refractivity contribution in [1.82, 2.24) is 0 Å². The summed E-state index contributed by atoms with van der Waals surface area (Å²) in [5.74, 6) is -0.894. The first-order valence-corrected chi connectivity index (χ1v) is 21.2. The number of ether oxygens (including phenoxy) is 2. The second-order valence-electron chi connectivity index (χ2n) is 13.3. The number of unbranched alkanes of at least 4 members (excludes halogenated alkanes) is 22. The van der Waals surface area contributed by atoms with E-state index in [0.717, 1.165) is 57.8 Å². The Bertz CT molecular complexity index is 838. The van der Waals surface area contributed by atoms with Crippen LogP contribution in [0.4, 0.5) is 0 Å². The van der Waals surface area contributed by atoms with E-state index < -0.39 is 32.5 Å². The van der Waals surface area contributed by atoms with Crippen LogP contribution in [-0.4, -0.2) is 41.0 Å². The van der Waals surface area contributed by atoms with Crippen LogP contribution in [0.25, 0.3) is 0 Å². The minimum absolute atomic E-state index is 0.198. The third kappa shape index (κ3) is 37.4. The second-order valence-corrected chi connectivity index (χ2v) is 14.5. The Hall–Kier alpha value is -1.47. The number of phosphoric ester groups is 1. The molecule has 282 valence electrons. The lowest BCUT2D eigenvalue weighted by atomic mass is 10.0. The Morgan fingerprint density at radius 1 is 0.542 bits per heavy atom. The predicted molar refractivity (Wildman–Crippen MR) is 198 cm³/mol. The van der Waals surface area contributed by atoms with Crippen molar-refractivity contribution in [3.8, 4) is 0 Å². The number of hydrogen-bond acceptors (Lipinski definition) is 6. The molecule has 9 heteroatoms. The number of phosphoric acid groups is 1. The molecule has 0 bridgehead atoms. The second kappa shape index (κ2) is 35.4. The van der Waals surface area contributed by atoms with Gasteiger partial charge in [-0.25, -0.2) is 4.57 Å². The van der Waals surface area contributed by atoms with Gasteiger partial charge in [-0.05, 0) is 44.9 Å². The highest BCUT2D eigenvalue weighted by Gasteiger charge is 2.22. The van der Waals surface area contributed by atoms with Crippen molar-refractivity contribution in [2.45, 2.75) is 200 Å². The fraction of sp³-hybridized carbons (Fsp3) is 0.846. The maximum atomic E-state index is 12.4. The van der Waals surface area contributed by atoms with Crippen LogP contribution >= 0.6 is 7.82 Å². The number of carbonyl (C=O) groups excluding carboxylic acids is 2. The number of esters is 2. The SMILES string of the molecule is CCCCCC=CCC=CCCCCCCCC(=O)O[C@H](COC(=O)CCCCCCCCCCCCCCCCC)COP(=O)(O)O. The highest BCUT2D eigenvalue weighted by atomic mass is 31.2. The first kappa shape index (κ1) is 46.5. The summed E-state index contributed by atoms with van der Waals surface area (Å²) in [7, 11) is -4.75. The van der Waals surface area contributed by atoms with Gasteiger partial charge in [-0.2, -0.15) is 0 Å². The van der Waals surface area contributed by atoms with E-state index in [1.807, 2.05) is 0 Å².